The van der Waals surface area contributed by atoms with Gasteiger partial charge in [0, 0.05) is 22.3 Å². The smallest absolute Gasteiger partial charge is 0.224 e. The van der Waals surface area contributed by atoms with E-state index in [9.17, 15) is 4.39 Å². The van der Waals surface area contributed by atoms with E-state index in [1.165, 1.54) is 6.07 Å². The number of hydrogen-bond donors (Lipinski definition) is 1. The molecular formula is C16H18BrFN2O. The second-order valence-electron chi connectivity index (χ2n) is 4.82. The maximum atomic E-state index is 13.9. The molecule has 0 unspecified atom stereocenters. The number of benzene rings is 1. The van der Waals surface area contributed by atoms with E-state index in [0.717, 1.165) is 23.4 Å². The summed E-state index contributed by atoms with van der Waals surface area (Å²) in [5, 5.41) is 3.25. The monoisotopic (exact) mass is 352 g/mol. The van der Waals surface area contributed by atoms with Gasteiger partial charge in [-0.2, -0.15) is 0 Å². The number of pyridine rings is 1. The second kappa shape index (κ2) is 7.00. The van der Waals surface area contributed by atoms with Crippen molar-refractivity contribution in [2.24, 2.45) is 0 Å². The maximum Gasteiger partial charge on any atom is 0.224 e. The SMILES string of the molecule is CCNCc1c(C)cc(C)nc1Oc1ccc(Br)cc1F. The summed E-state index contributed by atoms with van der Waals surface area (Å²) in [6.45, 7) is 7.43. The summed E-state index contributed by atoms with van der Waals surface area (Å²) in [7, 11) is 0. The van der Waals surface area contributed by atoms with E-state index >= 15 is 0 Å². The summed E-state index contributed by atoms with van der Waals surface area (Å²) in [5.41, 5.74) is 2.88. The molecule has 1 heterocycles. The van der Waals surface area contributed by atoms with Crippen LogP contribution in [0.3, 0.4) is 0 Å². The van der Waals surface area contributed by atoms with Crippen molar-refractivity contribution in [1.29, 1.82) is 0 Å². The standard InChI is InChI=1S/C16H18BrFN2O/c1-4-19-9-13-10(2)7-11(3)20-16(13)21-15-6-5-12(17)8-14(15)18/h5-8,19H,4,9H2,1-3H3. The summed E-state index contributed by atoms with van der Waals surface area (Å²) < 4.78 is 20.3. The molecule has 0 saturated heterocycles. The van der Waals surface area contributed by atoms with Crippen LogP contribution < -0.4 is 10.1 Å². The topological polar surface area (TPSA) is 34.2 Å². The molecule has 0 atom stereocenters. The summed E-state index contributed by atoms with van der Waals surface area (Å²) in [6.07, 6.45) is 0. The lowest BCUT2D eigenvalue weighted by Gasteiger charge is -2.14. The minimum absolute atomic E-state index is 0.174. The van der Waals surface area contributed by atoms with Crippen LogP contribution in [0, 0.1) is 19.7 Å². The van der Waals surface area contributed by atoms with Crippen molar-refractivity contribution in [1.82, 2.24) is 10.3 Å². The van der Waals surface area contributed by atoms with Gasteiger partial charge in [-0.15, -0.1) is 0 Å². The van der Waals surface area contributed by atoms with E-state index in [2.05, 4.69) is 26.2 Å². The van der Waals surface area contributed by atoms with E-state index in [0.29, 0.717) is 16.9 Å². The Bertz CT molecular complexity index is 646. The van der Waals surface area contributed by atoms with Gasteiger partial charge in [0.1, 0.15) is 0 Å². The minimum atomic E-state index is -0.417. The number of hydrogen-bond acceptors (Lipinski definition) is 3. The molecule has 0 aliphatic heterocycles. The Kier molecular flexibility index (Phi) is 5.31. The lowest BCUT2D eigenvalue weighted by Crippen LogP contribution is -2.14. The highest BCUT2D eigenvalue weighted by atomic mass is 79.9. The molecule has 2 rings (SSSR count). The summed E-state index contributed by atoms with van der Waals surface area (Å²) in [5.74, 6) is 0.211. The summed E-state index contributed by atoms with van der Waals surface area (Å²) >= 11 is 3.23. The third-order valence-corrected chi connectivity index (χ3v) is 3.58. The molecule has 1 aromatic carbocycles. The zero-order valence-electron chi connectivity index (χ0n) is 12.3. The highest BCUT2D eigenvalue weighted by Crippen LogP contribution is 2.29. The Labute approximate surface area is 132 Å². The molecule has 0 fully saturated rings. The third kappa shape index (κ3) is 4.02. The molecule has 112 valence electrons. The molecule has 1 N–H and O–H groups in total. The van der Waals surface area contributed by atoms with Crippen LogP contribution in [0.25, 0.3) is 0 Å². The largest absolute Gasteiger partial charge is 0.436 e. The normalized spacial score (nSPS) is 10.7. The molecule has 5 heteroatoms. The number of ether oxygens (including phenoxy) is 1. The van der Waals surface area contributed by atoms with E-state index in [-0.39, 0.29) is 5.75 Å². The molecule has 0 aliphatic rings. The second-order valence-corrected chi connectivity index (χ2v) is 5.74. The van der Waals surface area contributed by atoms with E-state index in [4.69, 9.17) is 4.74 Å². The van der Waals surface area contributed by atoms with Crippen molar-refractivity contribution in [3.05, 3.63) is 51.4 Å². The van der Waals surface area contributed by atoms with E-state index < -0.39 is 5.82 Å². The zero-order valence-corrected chi connectivity index (χ0v) is 13.9. The van der Waals surface area contributed by atoms with Gasteiger partial charge in [-0.1, -0.05) is 22.9 Å². The number of rotatable bonds is 5. The quantitative estimate of drug-likeness (QED) is 0.859. The predicted octanol–water partition coefficient (Wildman–Crippen LogP) is 4.50. The Hall–Kier alpha value is -1.46. The molecule has 0 bridgehead atoms. The van der Waals surface area contributed by atoms with Gasteiger partial charge in [-0.05, 0) is 50.2 Å². The third-order valence-electron chi connectivity index (χ3n) is 3.09. The molecule has 2 aromatic rings. The summed E-state index contributed by atoms with van der Waals surface area (Å²) in [4.78, 5) is 4.41. The molecule has 0 radical (unpaired) electrons. The first-order valence-electron chi connectivity index (χ1n) is 6.82. The van der Waals surface area contributed by atoms with Crippen LogP contribution in [0.2, 0.25) is 0 Å². The lowest BCUT2D eigenvalue weighted by molar-refractivity contribution is 0.419. The molecule has 0 saturated carbocycles. The van der Waals surface area contributed by atoms with Crippen LogP contribution in [-0.4, -0.2) is 11.5 Å². The number of nitrogens with zero attached hydrogens (tertiary/aromatic N) is 1. The highest BCUT2D eigenvalue weighted by Gasteiger charge is 2.13. The van der Waals surface area contributed by atoms with Gasteiger partial charge >= 0.3 is 0 Å². The predicted molar refractivity (Wildman–Crippen MR) is 85.3 cm³/mol. The van der Waals surface area contributed by atoms with Crippen LogP contribution >= 0.6 is 15.9 Å². The van der Waals surface area contributed by atoms with Crippen LogP contribution in [0.15, 0.2) is 28.7 Å². The molecule has 0 amide bonds. The number of nitrogens with one attached hydrogen (secondary N) is 1. The Morgan fingerprint density at radius 3 is 2.71 bits per heavy atom. The van der Waals surface area contributed by atoms with Gasteiger partial charge in [0.05, 0.1) is 0 Å². The molecule has 1 aromatic heterocycles. The Morgan fingerprint density at radius 1 is 1.29 bits per heavy atom. The fourth-order valence-corrected chi connectivity index (χ4v) is 2.37. The van der Waals surface area contributed by atoms with Crippen molar-refractivity contribution in [2.45, 2.75) is 27.3 Å². The fourth-order valence-electron chi connectivity index (χ4n) is 2.04. The first-order valence-corrected chi connectivity index (χ1v) is 7.61. The van der Waals surface area contributed by atoms with Gasteiger partial charge < -0.3 is 10.1 Å². The van der Waals surface area contributed by atoms with Crippen LogP contribution in [0.5, 0.6) is 11.6 Å². The van der Waals surface area contributed by atoms with Crippen LogP contribution in [-0.2, 0) is 6.54 Å². The number of halogens is 2. The highest BCUT2D eigenvalue weighted by molar-refractivity contribution is 9.10. The summed E-state index contributed by atoms with van der Waals surface area (Å²) in [6, 6.07) is 6.71. The van der Waals surface area contributed by atoms with Gasteiger partial charge in [0.15, 0.2) is 11.6 Å². The first-order chi connectivity index (χ1) is 10.0. The molecule has 21 heavy (non-hydrogen) atoms. The molecule has 0 aliphatic carbocycles. The van der Waals surface area contributed by atoms with Gasteiger partial charge in [-0.25, -0.2) is 9.37 Å². The average Bonchev–Trinajstić information content (AvgIpc) is 2.41. The van der Waals surface area contributed by atoms with Crippen LogP contribution in [0.4, 0.5) is 4.39 Å². The minimum Gasteiger partial charge on any atom is -0.436 e. The molecule has 0 spiro atoms. The van der Waals surface area contributed by atoms with Crippen molar-refractivity contribution >= 4 is 15.9 Å². The van der Waals surface area contributed by atoms with Crippen molar-refractivity contribution < 1.29 is 9.13 Å². The molecular weight excluding hydrogens is 335 g/mol. The van der Waals surface area contributed by atoms with Gasteiger partial charge in [-0.3, -0.25) is 0 Å². The Balaban J connectivity index is 2.37. The molecule has 3 nitrogen and oxygen atoms in total. The fraction of sp³-hybridized carbons (Fsp3) is 0.312. The lowest BCUT2D eigenvalue weighted by atomic mass is 10.1. The zero-order chi connectivity index (χ0) is 15.4. The van der Waals surface area contributed by atoms with Gasteiger partial charge in [0.2, 0.25) is 5.88 Å². The number of aromatic nitrogens is 1. The van der Waals surface area contributed by atoms with Crippen LogP contribution in [0.1, 0.15) is 23.7 Å². The van der Waals surface area contributed by atoms with E-state index in [1.54, 1.807) is 12.1 Å². The Morgan fingerprint density at radius 2 is 2.05 bits per heavy atom. The van der Waals surface area contributed by atoms with Crippen molar-refractivity contribution in [2.75, 3.05) is 6.54 Å². The van der Waals surface area contributed by atoms with E-state index in [1.807, 2.05) is 26.8 Å². The first kappa shape index (κ1) is 15.9. The van der Waals surface area contributed by atoms with Crippen molar-refractivity contribution in [3.8, 4) is 11.6 Å². The maximum absolute atomic E-state index is 13.9. The number of aryl methyl sites for hydroxylation is 2. The van der Waals surface area contributed by atoms with Crippen molar-refractivity contribution in [3.63, 3.8) is 0 Å². The van der Waals surface area contributed by atoms with Gasteiger partial charge in [0.25, 0.3) is 0 Å². The average molecular weight is 353 g/mol.